The third-order valence-corrected chi connectivity index (χ3v) is 3.03. The fourth-order valence-corrected chi connectivity index (χ4v) is 1.97. The molecule has 0 aliphatic carbocycles. The maximum Gasteiger partial charge on any atom is 0.0274 e. The fourth-order valence-electron chi connectivity index (χ4n) is 1.97. The van der Waals surface area contributed by atoms with Crippen LogP contribution in [0.15, 0.2) is 35.7 Å². The van der Waals surface area contributed by atoms with E-state index in [1.165, 1.54) is 11.1 Å². The van der Waals surface area contributed by atoms with Crippen molar-refractivity contribution in [3.05, 3.63) is 35.7 Å². The Morgan fingerprint density at radius 3 is 1.38 bits per heavy atom. The molecule has 0 aromatic carbocycles. The maximum absolute atomic E-state index is 2.28. The van der Waals surface area contributed by atoms with Crippen LogP contribution < -0.4 is 0 Å². The number of rotatable bonds is 3. The Kier molecular flexibility index (Phi) is 4.40. The van der Waals surface area contributed by atoms with Crippen LogP contribution in [-0.4, -0.2) is 10.9 Å². The van der Waals surface area contributed by atoms with Gasteiger partial charge >= 0.3 is 0 Å². The van der Waals surface area contributed by atoms with Crippen molar-refractivity contribution in [3.63, 3.8) is 0 Å². The molecule has 1 aliphatic heterocycles. The lowest BCUT2D eigenvalue weighted by Crippen LogP contribution is -2.18. The molecule has 0 atom stereocenters. The Labute approximate surface area is 101 Å². The molecule has 0 unspecified atom stereocenters. The highest BCUT2D eigenvalue weighted by Crippen LogP contribution is 2.26. The molecule has 90 valence electrons. The Morgan fingerprint density at radius 1 is 0.750 bits per heavy atom. The quantitative estimate of drug-likeness (QED) is 0.682. The van der Waals surface area contributed by atoms with Crippen molar-refractivity contribution in [1.29, 1.82) is 0 Å². The van der Waals surface area contributed by atoms with E-state index in [9.17, 15) is 0 Å². The summed E-state index contributed by atoms with van der Waals surface area (Å²) in [5.41, 5.74) is 2.93. The molecule has 0 N–H and O–H groups in total. The molecule has 0 fully saturated rings. The highest BCUT2D eigenvalue weighted by atomic mass is 15.1. The average Bonchev–Trinajstić information content (AvgIpc) is 2.38. The van der Waals surface area contributed by atoms with Gasteiger partial charge in [0.05, 0.1) is 0 Å². The van der Waals surface area contributed by atoms with E-state index in [2.05, 4.69) is 71.0 Å². The number of hydrogen-bond acceptors (Lipinski definition) is 1. The van der Waals surface area contributed by atoms with E-state index in [-0.39, 0.29) is 0 Å². The largest absolute Gasteiger partial charge is 0.352 e. The van der Waals surface area contributed by atoms with Crippen LogP contribution in [0.25, 0.3) is 0 Å². The summed E-state index contributed by atoms with van der Waals surface area (Å²) in [4.78, 5) is 2.26. The lowest BCUT2D eigenvalue weighted by atomic mass is 9.91. The van der Waals surface area contributed by atoms with Crippen molar-refractivity contribution in [1.82, 2.24) is 4.90 Å². The zero-order valence-electron chi connectivity index (χ0n) is 11.5. The van der Waals surface area contributed by atoms with Gasteiger partial charge in [-0.2, -0.15) is 0 Å². The molecule has 1 nitrogen and oxygen atoms in total. The van der Waals surface area contributed by atoms with Gasteiger partial charge in [-0.3, -0.25) is 0 Å². The lowest BCUT2D eigenvalue weighted by molar-refractivity contribution is 0.417. The predicted molar refractivity (Wildman–Crippen MR) is 72.0 cm³/mol. The molecule has 0 saturated heterocycles. The molecule has 1 aliphatic rings. The van der Waals surface area contributed by atoms with Crippen LogP contribution in [-0.2, 0) is 0 Å². The van der Waals surface area contributed by atoms with Gasteiger partial charge in [-0.25, -0.2) is 0 Å². The molecule has 0 amide bonds. The van der Waals surface area contributed by atoms with Gasteiger partial charge in [-0.15, -0.1) is 0 Å². The average molecular weight is 219 g/mol. The summed E-state index contributed by atoms with van der Waals surface area (Å²) >= 11 is 0. The highest BCUT2D eigenvalue weighted by Gasteiger charge is 2.13. The van der Waals surface area contributed by atoms with E-state index < -0.39 is 0 Å². The third kappa shape index (κ3) is 3.01. The Balaban J connectivity index is 3.08. The van der Waals surface area contributed by atoms with E-state index in [0.717, 1.165) is 0 Å². The fraction of sp³-hybridized carbons (Fsp3) is 0.600. The van der Waals surface area contributed by atoms with Crippen LogP contribution in [0.2, 0.25) is 0 Å². The van der Waals surface area contributed by atoms with E-state index in [4.69, 9.17) is 0 Å². The summed E-state index contributed by atoms with van der Waals surface area (Å²) in [7, 11) is 0. The second kappa shape index (κ2) is 5.38. The maximum atomic E-state index is 2.28. The minimum Gasteiger partial charge on any atom is -0.352 e. The van der Waals surface area contributed by atoms with Crippen LogP contribution in [0.5, 0.6) is 0 Å². The van der Waals surface area contributed by atoms with Crippen molar-refractivity contribution in [2.24, 2.45) is 11.8 Å². The minimum atomic E-state index is 0.521. The molecule has 1 rings (SSSR count). The smallest absolute Gasteiger partial charge is 0.0274 e. The monoisotopic (exact) mass is 219 g/mol. The summed E-state index contributed by atoms with van der Waals surface area (Å²) < 4.78 is 0. The molecule has 0 aromatic rings. The molecule has 16 heavy (non-hydrogen) atoms. The van der Waals surface area contributed by atoms with Gasteiger partial charge < -0.3 is 4.90 Å². The van der Waals surface area contributed by atoms with Crippen molar-refractivity contribution >= 4 is 0 Å². The highest BCUT2D eigenvalue weighted by molar-refractivity contribution is 5.37. The molecular formula is C15H25N. The minimum absolute atomic E-state index is 0.521. The van der Waals surface area contributed by atoms with Crippen molar-refractivity contribution in [2.45, 2.75) is 47.6 Å². The van der Waals surface area contributed by atoms with Gasteiger partial charge in [0, 0.05) is 18.4 Å². The summed E-state index contributed by atoms with van der Waals surface area (Å²) in [6, 6.07) is 0.521. The van der Waals surface area contributed by atoms with Gasteiger partial charge in [-0.05, 0) is 49.0 Å². The molecule has 0 radical (unpaired) electrons. The van der Waals surface area contributed by atoms with Gasteiger partial charge in [0.1, 0.15) is 0 Å². The SMILES string of the molecule is CC(C)C1=C(C(C)C)C=CN(C(C)C)C=C1. The summed E-state index contributed by atoms with van der Waals surface area (Å²) in [6.45, 7) is 13.5. The van der Waals surface area contributed by atoms with Crippen LogP contribution in [0, 0.1) is 11.8 Å². The zero-order valence-corrected chi connectivity index (χ0v) is 11.5. The summed E-state index contributed by atoms with van der Waals surface area (Å²) in [6.07, 6.45) is 8.96. The van der Waals surface area contributed by atoms with Gasteiger partial charge in [0.15, 0.2) is 0 Å². The standard InChI is InChI=1S/C15H25N/c1-11(2)14-7-9-16(13(5)6)10-8-15(14)12(3)4/h7-13H,1-6H3. The Hall–Kier alpha value is -0.980. The van der Waals surface area contributed by atoms with E-state index in [1.807, 2.05) is 0 Å². The van der Waals surface area contributed by atoms with E-state index >= 15 is 0 Å². The zero-order chi connectivity index (χ0) is 12.3. The van der Waals surface area contributed by atoms with Crippen LogP contribution >= 0.6 is 0 Å². The van der Waals surface area contributed by atoms with Gasteiger partial charge in [0.25, 0.3) is 0 Å². The Bertz CT molecular complexity index is 288. The normalized spacial score (nSPS) is 16.9. The molecule has 0 aromatic heterocycles. The second-order valence-corrected chi connectivity index (χ2v) is 5.39. The van der Waals surface area contributed by atoms with Gasteiger partial charge in [-0.1, -0.05) is 27.7 Å². The predicted octanol–water partition coefficient (Wildman–Crippen LogP) is 4.35. The molecule has 0 saturated carbocycles. The number of nitrogens with zero attached hydrogens (tertiary/aromatic N) is 1. The molecule has 0 bridgehead atoms. The lowest BCUT2D eigenvalue weighted by Gasteiger charge is -2.19. The van der Waals surface area contributed by atoms with Crippen LogP contribution in [0.3, 0.4) is 0 Å². The van der Waals surface area contributed by atoms with Crippen LogP contribution in [0.1, 0.15) is 41.5 Å². The molecule has 1 heterocycles. The van der Waals surface area contributed by atoms with Crippen molar-refractivity contribution in [3.8, 4) is 0 Å². The summed E-state index contributed by atoms with van der Waals surface area (Å²) in [5, 5.41) is 0. The first-order valence-electron chi connectivity index (χ1n) is 6.31. The van der Waals surface area contributed by atoms with Crippen LogP contribution in [0.4, 0.5) is 0 Å². The first-order chi connectivity index (χ1) is 7.43. The van der Waals surface area contributed by atoms with Crippen molar-refractivity contribution in [2.75, 3.05) is 0 Å². The van der Waals surface area contributed by atoms with Crippen molar-refractivity contribution < 1.29 is 0 Å². The molecular weight excluding hydrogens is 194 g/mol. The first-order valence-corrected chi connectivity index (χ1v) is 6.31. The van der Waals surface area contributed by atoms with Gasteiger partial charge in [0.2, 0.25) is 0 Å². The summed E-state index contributed by atoms with van der Waals surface area (Å²) in [5.74, 6) is 1.18. The number of hydrogen-bond donors (Lipinski definition) is 0. The van der Waals surface area contributed by atoms with E-state index in [1.54, 1.807) is 0 Å². The van der Waals surface area contributed by atoms with E-state index in [0.29, 0.717) is 17.9 Å². The molecule has 1 heteroatoms. The topological polar surface area (TPSA) is 3.24 Å². The first kappa shape index (κ1) is 13.1. The molecule has 0 spiro atoms. The second-order valence-electron chi connectivity index (χ2n) is 5.39. The number of allylic oxidation sites excluding steroid dienone is 4. The third-order valence-electron chi connectivity index (χ3n) is 3.03. The Morgan fingerprint density at radius 2 is 1.12 bits per heavy atom.